The van der Waals surface area contributed by atoms with Gasteiger partial charge in [-0.3, -0.25) is 5.32 Å². The van der Waals surface area contributed by atoms with Crippen LogP contribution in [0.15, 0.2) is 18.2 Å². The van der Waals surface area contributed by atoms with Gasteiger partial charge in [0.15, 0.2) is 11.6 Å². The molecule has 0 saturated heterocycles. The number of hydrogen-bond donors (Lipinski definition) is 2. The van der Waals surface area contributed by atoms with Crippen LogP contribution in [0.2, 0.25) is 0 Å². The molecule has 15 heavy (non-hydrogen) atoms. The molecule has 1 aromatic carbocycles. The van der Waals surface area contributed by atoms with E-state index < -0.39 is 17.7 Å². The van der Waals surface area contributed by atoms with Crippen molar-refractivity contribution < 1.29 is 13.9 Å². The second-order valence-corrected chi connectivity index (χ2v) is 2.91. The maximum atomic E-state index is 12.8. The summed E-state index contributed by atoms with van der Waals surface area (Å²) in [5.74, 6) is -1.93. The second kappa shape index (κ2) is 5.39. The Balaban J connectivity index is 2.84. The first-order valence-electron chi connectivity index (χ1n) is 4.38. The lowest BCUT2D eigenvalue weighted by molar-refractivity contribution is 0.289. The Hall–Kier alpha value is -1.51. The van der Waals surface area contributed by atoms with Gasteiger partial charge in [0.2, 0.25) is 0 Å². The molecular formula is C10H10F2N2O. The fraction of sp³-hybridized carbons (Fsp3) is 0.300. The summed E-state index contributed by atoms with van der Waals surface area (Å²) in [4.78, 5) is 0. The van der Waals surface area contributed by atoms with Crippen LogP contribution in [0.1, 0.15) is 11.6 Å². The molecule has 1 atom stereocenters. The summed E-state index contributed by atoms with van der Waals surface area (Å²) in [5, 5.41) is 20.0. The molecule has 3 nitrogen and oxygen atoms in total. The minimum Gasteiger partial charge on any atom is -0.395 e. The van der Waals surface area contributed by atoms with Gasteiger partial charge in [0.05, 0.1) is 12.7 Å². The summed E-state index contributed by atoms with van der Waals surface area (Å²) in [5.41, 5.74) is 0.338. The zero-order valence-electron chi connectivity index (χ0n) is 7.87. The summed E-state index contributed by atoms with van der Waals surface area (Å²) >= 11 is 0. The van der Waals surface area contributed by atoms with Gasteiger partial charge in [-0.05, 0) is 17.7 Å². The summed E-state index contributed by atoms with van der Waals surface area (Å²) < 4.78 is 25.4. The van der Waals surface area contributed by atoms with E-state index in [9.17, 15) is 8.78 Å². The Morgan fingerprint density at radius 2 is 2.13 bits per heavy atom. The number of halogens is 2. The second-order valence-electron chi connectivity index (χ2n) is 2.91. The van der Waals surface area contributed by atoms with Crippen LogP contribution in [0.5, 0.6) is 0 Å². The van der Waals surface area contributed by atoms with Crippen molar-refractivity contribution in [3.05, 3.63) is 35.4 Å². The number of benzene rings is 1. The zero-order valence-corrected chi connectivity index (χ0v) is 7.87. The number of hydrogen-bond acceptors (Lipinski definition) is 3. The molecule has 0 radical (unpaired) electrons. The molecule has 80 valence electrons. The van der Waals surface area contributed by atoms with Crippen molar-refractivity contribution in [3.63, 3.8) is 0 Å². The van der Waals surface area contributed by atoms with Crippen molar-refractivity contribution in [1.82, 2.24) is 5.32 Å². The molecule has 5 heteroatoms. The number of nitrogens with zero attached hydrogens (tertiary/aromatic N) is 1. The molecule has 0 aromatic heterocycles. The maximum Gasteiger partial charge on any atom is 0.159 e. The SMILES string of the molecule is N#CC(NCCO)c1ccc(F)c(F)c1. The highest BCUT2D eigenvalue weighted by atomic mass is 19.2. The van der Waals surface area contributed by atoms with Gasteiger partial charge in [-0.25, -0.2) is 8.78 Å². The molecule has 0 aliphatic rings. The summed E-state index contributed by atoms with van der Waals surface area (Å²) in [6.45, 7) is 0.0963. The van der Waals surface area contributed by atoms with Crippen LogP contribution in [-0.2, 0) is 0 Å². The predicted molar refractivity (Wildman–Crippen MR) is 49.8 cm³/mol. The molecular weight excluding hydrogens is 202 g/mol. The van der Waals surface area contributed by atoms with E-state index in [1.165, 1.54) is 6.07 Å². The average molecular weight is 212 g/mol. The normalized spacial score (nSPS) is 12.1. The van der Waals surface area contributed by atoms with Gasteiger partial charge < -0.3 is 5.11 Å². The minimum absolute atomic E-state index is 0.123. The van der Waals surface area contributed by atoms with E-state index in [0.29, 0.717) is 5.56 Å². The van der Waals surface area contributed by atoms with Crippen molar-refractivity contribution >= 4 is 0 Å². The summed E-state index contributed by atoms with van der Waals surface area (Å²) in [6.07, 6.45) is 0. The number of rotatable bonds is 4. The largest absolute Gasteiger partial charge is 0.395 e. The first-order chi connectivity index (χ1) is 7.19. The lowest BCUT2D eigenvalue weighted by Gasteiger charge is -2.10. The van der Waals surface area contributed by atoms with Crippen LogP contribution < -0.4 is 5.32 Å². The van der Waals surface area contributed by atoms with Gasteiger partial charge in [0.25, 0.3) is 0 Å². The van der Waals surface area contributed by atoms with Gasteiger partial charge in [-0.15, -0.1) is 0 Å². The average Bonchev–Trinajstić information content (AvgIpc) is 2.24. The molecule has 0 saturated carbocycles. The first kappa shape index (κ1) is 11.6. The van der Waals surface area contributed by atoms with Crippen LogP contribution in [0, 0.1) is 23.0 Å². The highest BCUT2D eigenvalue weighted by molar-refractivity contribution is 5.25. The van der Waals surface area contributed by atoms with Crippen LogP contribution >= 0.6 is 0 Å². The molecule has 0 heterocycles. The van der Waals surface area contributed by atoms with Gasteiger partial charge in [0.1, 0.15) is 6.04 Å². The van der Waals surface area contributed by atoms with Crippen molar-refractivity contribution in [1.29, 1.82) is 5.26 Å². The third-order valence-electron chi connectivity index (χ3n) is 1.87. The zero-order chi connectivity index (χ0) is 11.3. The molecule has 0 bridgehead atoms. The van der Waals surface area contributed by atoms with Gasteiger partial charge in [-0.2, -0.15) is 5.26 Å². The van der Waals surface area contributed by atoms with Crippen molar-refractivity contribution in [2.75, 3.05) is 13.2 Å². The Kier molecular flexibility index (Phi) is 4.16. The Labute approximate surface area is 86.0 Å². The molecule has 0 aliphatic heterocycles. The van der Waals surface area contributed by atoms with Crippen LogP contribution in [-0.4, -0.2) is 18.3 Å². The topological polar surface area (TPSA) is 56.0 Å². The maximum absolute atomic E-state index is 12.8. The number of nitrogens with one attached hydrogen (secondary N) is 1. The molecule has 1 aromatic rings. The fourth-order valence-electron chi connectivity index (χ4n) is 1.14. The Bertz CT molecular complexity index is 376. The van der Waals surface area contributed by atoms with Crippen LogP contribution in [0.3, 0.4) is 0 Å². The summed E-state index contributed by atoms with van der Waals surface area (Å²) in [7, 11) is 0. The standard InChI is InChI=1S/C10H10F2N2O/c11-8-2-1-7(5-9(8)12)10(6-13)14-3-4-15/h1-2,5,10,14-15H,3-4H2. The molecule has 0 fully saturated rings. The third-order valence-corrected chi connectivity index (χ3v) is 1.87. The number of nitriles is 1. The van der Waals surface area contributed by atoms with Crippen LogP contribution in [0.4, 0.5) is 8.78 Å². The van der Waals surface area contributed by atoms with Crippen molar-refractivity contribution in [2.24, 2.45) is 0 Å². The van der Waals surface area contributed by atoms with E-state index in [2.05, 4.69) is 5.32 Å². The van der Waals surface area contributed by atoms with E-state index in [0.717, 1.165) is 12.1 Å². The monoisotopic (exact) mass is 212 g/mol. The number of aliphatic hydroxyl groups is 1. The minimum atomic E-state index is -0.987. The lowest BCUT2D eigenvalue weighted by atomic mass is 10.1. The Morgan fingerprint density at radius 1 is 1.40 bits per heavy atom. The van der Waals surface area contributed by atoms with Gasteiger partial charge in [0, 0.05) is 6.54 Å². The smallest absolute Gasteiger partial charge is 0.159 e. The molecule has 1 unspecified atom stereocenters. The quantitative estimate of drug-likeness (QED) is 0.786. The van der Waals surface area contributed by atoms with Gasteiger partial charge in [-0.1, -0.05) is 6.07 Å². The molecule has 0 amide bonds. The van der Waals surface area contributed by atoms with Crippen molar-refractivity contribution in [3.8, 4) is 6.07 Å². The van der Waals surface area contributed by atoms with E-state index in [-0.39, 0.29) is 13.2 Å². The van der Waals surface area contributed by atoms with Crippen molar-refractivity contribution in [2.45, 2.75) is 6.04 Å². The predicted octanol–water partition coefficient (Wildman–Crippen LogP) is 1.11. The number of aliphatic hydroxyl groups excluding tert-OH is 1. The third kappa shape index (κ3) is 2.98. The van der Waals surface area contributed by atoms with Gasteiger partial charge >= 0.3 is 0 Å². The van der Waals surface area contributed by atoms with E-state index >= 15 is 0 Å². The highest BCUT2D eigenvalue weighted by Crippen LogP contribution is 2.15. The van der Waals surface area contributed by atoms with E-state index in [1.54, 1.807) is 0 Å². The van der Waals surface area contributed by atoms with Crippen LogP contribution in [0.25, 0.3) is 0 Å². The molecule has 1 rings (SSSR count). The molecule has 2 N–H and O–H groups in total. The highest BCUT2D eigenvalue weighted by Gasteiger charge is 2.11. The van der Waals surface area contributed by atoms with E-state index in [4.69, 9.17) is 10.4 Å². The molecule has 0 aliphatic carbocycles. The lowest BCUT2D eigenvalue weighted by Crippen LogP contribution is -2.23. The first-order valence-corrected chi connectivity index (χ1v) is 4.38. The molecule has 0 spiro atoms. The van der Waals surface area contributed by atoms with E-state index in [1.807, 2.05) is 6.07 Å². The Morgan fingerprint density at radius 3 is 2.67 bits per heavy atom. The fourth-order valence-corrected chi connectivity index (χ4v) is 1.14. The summed E-state index contributed by atoms with van der Waals surface area (Å²) in [6, 6.07) is 4.41.